The second-order valence-electron chi connectivity index (χ2n) is 3.31. The molecule has 0 aliphatic rings. The molecular weight excluding hydrogens is 200 g/mol. The average molecular weight is 218 g/mol. The SMILES string of the molecule is CCOCCC(CCCC(=O)O)C(=O)O. The largest absolute Gasteiger partial charge is 0.481 e. The van der Waals surface area contributed by atoms with Crippen molar-refractivity contribution >= 4 is 11.9 Å². The Labute approximate surface area is 89.0 Å². The number of aliphatic carboxylic acids is 2. The minimum absolute atomic E-state index is 0.0262. The Morgan fingerprint density at radius 1 is 1.27 bits per heavy atom. The first-order chi connectivity index (χ1) is 7.07. The molecule has 88 valence electrons. The zero-order chi connectivity index (χ0) is 11.7. The van der Waals surface area contributed by atoms with Gasteiger partial charge in [-0.15, -0.1) is 0 Å². The summed E-state index contributed by atoms with van der Waals surface area (Å²) in [5.74, 6) is -2.25. The molecule has 0 aromatic carbocycles. The number of rotatable bonds is 9. The van der Waals surface area contributed by atoms with Crippen LogP contribution in [-0.2, 0) is 14.3 Å². The molecule has 0 saturated heterocycles. The van der Waals surface area contributed by atoms with E-state index in [4.69, 9.17) is 14.9 Å². The van der Waals surface area contributed by atoms with Crippen molar-refractivity contribution in [1.82, 2.24) is 0 Å². The van der Waals surface area contributed by atoms with Gasteiger partial charge in [0, 0.05) is 19.6 Å². The fourth-order valence-corrected chi connectivity index (χ4v) is 1.26. The summed E-state index contributed by atoms with van der Waals surface area (Å²) in [6.07, 6.45) is 1.27. The maximum Gasteiger partial charge on any atom is 0.306 e. The van der Waals surface area contributed by atoms with Crippen LogP contribution >= 0.6 is 0 Å². The number of carboxylic acid groups (broad SMARTS) is 2. The molecule has 0 heterocycles. The van der Waals surface area contributed by atoms with Gasteiger partial charge in [0.1, 0.15) is 0 Å². The van der Waals surface area contributed by atoms with Gasteiger partial charge in [-0.05, 0) is 26.2 Å². The molecule has 15 heavy (non-hydrogen) atoms. The Bertz CT molecular complexity index is 202. The van der Waals surface area contributed by atoms with Crippen LogP contribution in [0.1, 0.15) is 32.6 Å². The van der Waals surface area contributed by atoms with Crippen LogP contribution in [0, 0.1) is 5.92 Å². The van der Waals surface area contributed by atoms with Gasteiger partial charge < -0.3 is 14.9 Å². The third kappa shape index (κ3) is 7.93. The highest BCUT2D eigenvalue weighted by Gasteiger charge is 2.17. The van der Waals surface area contributed by atoms with E-state index in [0.29, 0.717) is 32.5 Å². The van der Waals surface area contributed by atoms with E-state index in [1.165, 1.54) is 0 Å². The predicted molar refractivity (Wildman–Crippen MR) is 53.7 cm³/mol. The van der Waals surface area contributed by atoms with Crippen molar-refractivity contribution in [3.63, 3.8) is 0 Å². The molecule has 0 fully saturated rings. The Morgan fingerprint density at radius 2 is 1.93 bits per heavy atom. The van der Waals surface area contributed by atoms with E-state index in [1.54, 1.807) is 0 Å². The molecule has 0 saturated carbocycles. The van der Waals surface area contributed by atoms with Crippen LogP contribution in [0.2, 0.25) is 0 Å². The van der Waals surface area contributed by atoms with Crippen LogP contribution in [-0.4, -0.2) is 35.4 Å². The topological polar surface area (TPSA) is 83.8 Å². The molecule has 0 aromatic heterocycles. The number of carboxylic acids is 2. The van der Waals surface area contributed by atoms with Gasteiger partial charge in [0.2, 0.25) is 0 Å². The highest BCUT2D eigenvalue weighted by atomic mass is 16.5. The minimum Gasteiger partial charge on any atom is -0.481 e. The van der Waals surface area contributed by atoms with Gasteiger partial charge in [-0.1, -0.05) is 0 Å². The lowest BCUT2D eigenvalue weighted by molar-refractivity contribution is -0.143. The van der Waals surface area contributed by atoms with E-state index in [9.17, 15) is 9.59 Å². The fraction of sp³-hybridized carbons (Fsp3) is 0.800. The lowest BCUT2D eigenvalue weighted by Gasteiger charge is -2.11. The number of hydrogen-bond donors (Lipinski definition) is 2. The number of carbonyl (C=O) groups is 2. The number of hydrogen-bond acceptors (Lipinski definition) is 3. The molecule has 5 heteroatoms. The van der Waals surface area contributed by atoms with Crippen LogP contribution in [0.5, 0.6) is 0 Å². The molecular formula is C10H18O5. The van der Waals surface area contributed by atoms with Crippen molar-refractivity contribution in [1.29, 1.82) is 0 Å². The predicted octanol–water partition coefficient (Wildman–Crippen LogP) is 1.37. The smallest absolute Gasteiger partial charge is 0.306 e. The quantitative estimate of drug-likeness (QED) is 0.571. The van der Waals surface area contributed by atoms with Crippen molar-refractivity contribution in [3.05, 3.63) is 0 Å². The Kier molecular flexibility index (Phi) is 7.62. The van der Waals surface area contributed by atoms with E-state index in [2.05, 4.69) is 0 Å². The maximum absolute atomic E-state index is 10.8. The van der Waals surface area contributed by atoms with Gasteiger partial charge in [-0.2, -0.15) is 0 Å². The summed E-state index contributed by atoms with van der Waals surface area (Å²) >= 11 is 0. The summed E-state index contributed by atoms with van der Waals surface area (Å²) in [6.45, 7) is 2.84. The van der Waals surface area contributed by atoms with Gasteiger partial charge in [0.15, 0.2) is 0 Å². The summed E-state index contributed by atoms with van der Waals surface area (Å²) in [5, 5.41) is 17.2. The van der Waals surface area contributed by atoms with Gasteiger partial charge in [-0.25, -0.2) is 0 Å². The van der Waals surface area contributed by atoms with Gasteiger partial charge >= 0.3 is 11.9 Å². The minimum atomic E-state index is -0.885. The molecule has 5 nitrogen and oxygen atoms in total. The van der Waals surface area contributed by atoms with Crippen LogP contribution in [0.4, 0.5) is 0 Å². The third-order valence-electron chi connectivity index (χ3n) is 2.11. The van der Waals surface area contributed by atoms with Crippen LogP contribution in [0.15, 0.2) is 0 Å². The number of ether oxygens (including phenoxy) is 1. The first kappa shape index (κ1) is 13.9. The van der Waals surface area contributed by atoms with Gasteiger partial charge in [0.25, 0.3) is 0 Å². The average Bonchev–Trinajstić information content (AvgIpc) is 2.15. The summed E-state index contributed by atoms with van der Waals surface area (Å²) in [6, 6.07) is 0. The summed E-state index contributed by atoms with van der Waals surface area (Å²) in [5.41, 5.74) is 0. The first-order valence-corrected chi connectivity index (χ1v) is 5.10. The molecule has 0 aromatic rings. The second kappa shape index (κ2) is 8.23. The molecule has 0 radical (unpaired) electrons. The summed E-state index contributed by atoms with van der Waals surface area (Å²) in [7, 11) is 0. The lowest BCUT2D eigenvalue weighted by Crippen LogP contribution is -2.16. The van der Waals surface area contributed by atoms with Gasteiger partial charge in [-0.3, -0.25) is 9.59 Å². The monoisotopic (exact) mass is 218 g/mol. The van der Waals surface area contributed by atoms with E-state index in [0.717, 1.165) is 0 Å². The van der Waals surface area contributed by atoms with Crippen molar-refractivity contribution in [2.24, 2.45) is 5.92 Å². The standard InChI is InChI=1S/C10H18O5/c1-2-15-7-6-8(10(13)14)4-3-5-9(11)12/h8H,2-7H2,1H3,(H,11,12)(H,13,14). The van der Waals surface area contributed by atoms with Crippen molar-refractivity contribution in [2.45, 2.75) is 32.6 Å². The molecule has 0 rings (SSSR count). The highest BCUT2D eigenvalue weighted by molar-refractivity contribution is 5.70. The van der Waals surface area contributed by atoms with E-state index < -0.39 is 17.9 Å². The normalized spacial score (nSPS) is 12.3. The lowest BCUT2D eigenvalue weighted by atomic mass is 9.99. The van der Waals surface area contributed by atoms with E-state index >= 15 is 0 Å². The Morgan fingerprint density at radius 3 is 2.40 bits per heavy atom. The highest BCUT2D eigenvalue weighted by Crippen LogP contribution is 2.13. The summed E-state index contributed by atoms with van der Waals surface area (Å²) in [4.78, 5) is 21.0. The molecule has 2 N–H and O–H groups in total. The van der Waals surface area contributed by atoms with Crippen molar-refractivity contribution < 1.29 is 24.5 Å². The molecule has 0 spiro atoms. The van der Waals surface area contributed by atoms with E-state index in [-0.39, 0.29) is 6.42 Å². The van der Waals surface area contributed by atoms with Gasteiger partial charge in [0.05, 0.1) is 5.92 Å². The van der Waals surface area contributed by atoms with Crippen LogP contribution in [0.25, 0.3) is 0 Å². The zero-order valence-electron chi connectivity index (χ0n) is 8.94. The molecule has 0 aliphatic heterocycles. The Balaban J connectivity index is 3.73. The Hall–Kier alpha value is -1.10. The molecule has 0 aliphatic carbocycles. The second-order valence-corrected chi connectivity index (χ2v) is 3.31. The van der Waals surface area contributed by atoms with Crippen LogP contribution in [0.3, 0.4) is 0 Å². The fourth-order valence-electron chi connectivity index (χ4n) is 1.26. The molecule has 1 unspecified atom stereocenters. The maximum atomic E-state index is 10.8. The third-order valence-corrected chi connectivity index (χ3v) is 2.11. The van der Waals surface area contributed by atoms with Crippen molar-refractivity contribution in [3.8, 4) is 0 Å². The van der Waals surface area contributed by atoms with Crippen LogP contribution < -0.4 is 0 Å². The van der Waals surface area contributed by atoms with E-state index in [1.807, 2.05) is 6.92 Å². The molecule has 0 amide bonds. The van der Waals surface area contributed by atoms with Crippen molar-refractivity contribution in [2.75, 3.05) is 13.2 Å². The summed E-state index contributed by atoms with van der Waals surface area (Å²) < 4.78 is 5.06. The molecule has 1 atom stereocenters. The first-order valence-electron chi connectivity index (χ1n) is 5.10. The molecule has 0 bridgehead atoms. The zero-order valence-corrected chi connectivity index (χ0v) is 8.94.